The highest BCUT2D eigenvalue weighted by Gasteiger charge is 2.31. The van der Waals surface area contributed by atoms with E-state index < -0.39 is 0 Å². The van der Waals surface area contributed by atoms with Crippen LogP contribution in [0.15, 0.2) is 12.4 Å². The SMILES string of the molecule is CCn1cc(CNCC2(CO)CCOCC2)cn1. The predicted octanol–water partition coefficient (Wildman–Crippen LogP) is 0.782. The zero-order valence-electron chi connectivity index (χ0n) is 11.1. The van der Waals surface area contributed by atoms with E-state index in [4.69, 9.17) is 4.74 Å². The molecule has 18 heavy (non-hydrogen) atoms. The Kier molecular flexibility index (Phi) is 4.74. The summed E-state index contributed by atoms with van der Waals surface area (Å²) in [6.07, 6.45) is 5.82. The van der Waals surface area contributed by atoms with Crippen molar-refractivity contribution < 1.29 is 9.84 Å². The molecule has 0 amide bonds. The first-order valence-electron chi connectivity index (χ1n) is 6.69. The van der Waals surface area contributed by atoms with Crippen molar-refractivity contribution in [3.8, 4) is 0 Å². The Hall–Kier alpha value is -0.910. The summed E-state index contributed by atoms with van der Waals surface area (Å²) in [4.78, 5) is 0. The summed E-state index contributed by atoms with van der Waals surface area (Å²) in [7, 11) is 0. The third-order valence-electron chi connectivity index (χ3n) is 3.73. The summed E-state index contributed by atoms with van der Waals surface area (Å²) in [5.74, 6) is 0. The molecule has 2 heterocycles. The molecule has 5 nitrogen and oxygen atoms in total. The Balaban J connectivity index is 1.79. The lowest BCUT2D eigenvalue weighted by Gasteiger charge is -2.35. The van der Waals surface area contributed by atoms with Gasteiger partial charge in [-0.1, -0.05) is 0 Å². The van der Waals surface area contributed by atoms with Gasteiger partial charge >= 0.3 is 0 Å². The van der Waals surface area contributed by atoms with Crippen LogP contribution in [-0.4, -0.2) is 41.3 Å². The second-order valence-electron chi connectivity index (χ2n) is 5.08. The smallest absolute Gasteiger partial charge is 0.0534 e. The van der Waals surface area contributed by atoms with Crippen LogP contribution in [-0.2, 0) is 17.8 Å². The summed E-state index contributed by atoms with van der Waals surface area (Å²) < 4.78 is 7.28. The lowest BCUT2D eigenvalue weighted by Crippen LogP contribution is -2.41. The van der Waals surface area contributed by atoms with Gasteiger partial charge in [0.2, 0.25) is 0 Å². The molecule has 1 aliphatic rings. The van der Waals surface area contributed by atoms with Crippen molar-refractivity contribution in [3.05, 3.63) is 18.0 Å². The topological polar surface area (TPSA) is 59.3 Å². The van der Waals surface area contributed by atoms with Gasteiger partial charge in [0.1, 0.15) is 0 Å². The highest BCUT2D eigenvalue weighted by atomic mass is 16.5. The Bertz CT molecular complexity index is 359. The summed E-state index contributed by atoms with van der Waals surface area (Å²) in [5, 5.41) is 17.2. The third kappa shape index (κ3) is 3.31. The number of aryl methyl sites for hydroxylation is 1. The summed E-state index contributed by atoms with van der Waals surface area (Å²) in [5.41, 5.74) is 1.19. The Morgan fingerprint density at radius 1 is 1.50 bits per heavy atom. The van der Waals surface area contributed by atoms with Crippen LogP contribution in [0, 0.1) is 5.41 Å². The second kappa shape index (κ2) is 6.31. The van der Waals surface area contributed by atoms with E-state index in [2.05, 4.69) is 23.5 Å². The largest absolute Gasteiger partial charge is 0.396 e. The van der Waals surface area contributed by atoms with Crippen molar-refractivity contribution in [1.82, 2.24) is 15.1 Å². The van der Waals surface area contributed by atoms with Crippen molar-refractivity contribution in [2.45, 2.75) is 32.9 Å². The van der Waals surface area contributed by atoms with Crippen LogP contribution in [0.1, 0.15) is 25.3 Å². The van der Waals surface area contributed by atoms with Crippen LogP contribution in [0.2, 0.25) is 0 Å². The molecule has 1 aromatic heterocycles. The van der Waals surface area contributed by atoms with Gasteiger partial charge in [0.15, 0.2) is 0 Å². The second-order valence-corrected chi connectivity index (χ2v) is 5.08. The Morgan fingerprint density at radius 2 is 2.28 bits per heavy atom. The molecular formula is C13H23N3O2. The Labute approximate surface area is 108 Å². The predicted molar refractivity (Wildman–Crippen MR) is 69.2 cm³/mol. The first kappa shape index (κ1) is 13.5. The maximum atomic E-state index is 9.57. The lowest BCUT2D eigenvalue weighted by molar-refractivity contribution is -0.0154. The molecule has 0 bridgehead atoms. The average molecular weight is 253 g/mol. The van der Waals surface area contributed by atoms with Gasteiger partial charge in [-0.25, -0.2) is 0 Å². The van der Waals surface area contributed by atoms with Gasteiger partial charge in [0.05, 0.1) is 12.8 Å². The van der Waals surface area contributed by atoms with E-state index in [1.54, 1.807) is 0 Å². The zero-order chi connectivity index (χ0) is 12.8. The molecule has 0 unspecified atom stereocenters. The van der Waals surface area contributed by atoms with Gasteiger partial charge in [-0.15, -0.1) is 0 Å². The van der Waals surface area contributed by atoms with Gasteiger partial charge in [-0.3, -0.25) is 4.68 Å². The van der Waals surface area contributed by atoms with E-state index in [1.165, 1.54) is 5.56 Å². The molecule has 1 fully saturated rings. The first-order chi connectivity index (χ1) is 8.78. The highest BCUT2D eigenvalue weighted by Crippen LogP contribution is 2.28. The minimum Gasteiger partial charge on any atom is -0.396 e. The molecule has 0 spiro atoms. The van der Waals surface area contributed by atoms with Gasteiger partial charge < -0.3 is 15.2 Å². The quantitative estimate of drug-likeness (QED) is 0.786. The van der Waals surface area contributed by atoms with Crippen LogP contribution in [0.5, 0.6) is 0 Å². The van der Waals surface area contributed by atoms with Crippen molar-refractivity contribution >= 4 is 0 Å². The standard InChI is InChI=1S/C13H23N3O2/c1-2-16-9-12(8-15-16)7-14-10-13(11-17)3-5-18-6-4-13/h8-9,14,17H,2-7,10-11H2,1H3. The fraction of sp³-hybridized carbons (Fsp3) is 0.769. The van der Waals surface area contributed by atoms with Crippen LogP contribution in [0.25, 0.3) is 0 Å². The van der Waals surface area contributed by atoms with E-state index in [0.29, 0.717) is 0 Å². The lowest BCUT2D eigenvalue weighted by atomic mass is 9.81. The summed E-state index contributed by atoms with van der Waals surface area (Å²) >= 11 is 0. The van der Waals surface area contributed by atoms with Crippen molar-refractivity contribution in [3.63, 3.8) is 0 Å². The summed E-state index contributed by atoms with van der Waals surface area (Å²) in [6, 6.07) is 0. The van der Waals surface area contributed by atoms with E-state index in [1.807, 2.05) is 10.9 Å². The van der Waals surface area contributed by atoms with Gasteiger partial charge in [-0.2, -0.15) is 5.10 Å². The first-order valence-corrected chi connectivity index (χ1v) is 6.69. The highest BCUT2D eigenvalue weighted by molar-refractivity contribution is 5.03. The number of aromatic nitrogens is 2. The van der Waals surface area contributed by atoms with Crippen LogP contribution in [0.3, 0.4) is 0 Å². The number of rotatable bonds is 6. The molecule has 0 aromatic carbocycles. The molecule has 0 radical (unpaired) electrons. The maximum Gasteiger partial charge on any atom is 0.0534 e. The summed E-state index contributed by atoms with van der Waals surface area (Å²) in [6.45, 7) is 6.38. The van der Waals surface area contributed by atoms with E-state index in [0.717, 1.165) is 45.7 Å². The number of ether oxygens (including phenoxy) is 1. The van der Waals surface area contributed by atoms with Crippen LogP contribution < -0.4 is 5.32 Å². The molecule has 102 valence electrons. The van der Waals surface area contributed by atoms with E-state index in [-0.39, 0.29) is 12.0 Å². The molecule has 1 saturated heterocycles. The number of aliphatic hydroxyl groups is 1. The van der Waals surface area contributed by atoms with Gasteiger partial charge in [0, 0.05) is 50.0 Å². The van der Waals surface area contributed by atoms with Gasteiger partial charge in [0.25, 0.3) is 0 Å². The van der Waals surface area contributed by atoms with Gasteiger partial charge in [-0.05, 0) is 19.8 Å². The molecule has 5 heteroatoms. The minimum atomic E-state index is -0.000991. The Morgan fingerprint density at radius 3 is 2.89 bits per heavy atom. The maximum absolute atomic E-state index is 9.57. The van der Waals surface area contributed by atoms with Crippen LogP contribution >= 0.6 is 0 Å². The molecular weight excluding hydrogens is 230 g/mol. The number of nitrogens with zero attached hydrogens (tertiary/aromatic N) is 2. The molecule has 0 aliphatic carbocycles. The third-order valence-corrected chi connectivity index (χ3v) is 3.73. The molecule has 2 N–H and O–H groups in total. The monoisotopic (exact) mass is 253 g/mol. The van der Waals surface area contributed by atoms with E-state index in [9.17, 15) is 5.11 Å². The molecule has 0 atom stereocenters. The van der Waals surface area contributed by atoms with E-state index >= 15 is 0 Å². The number of hydrogen-bond donors (Lipinski definition) is 2. The fourth-order valence-electron chi connectivity index (χ4n) is 2.34. The molecule has 1 aliphatic heterocycles. The zero-order valence-corrected chi connectivity index (χ0v) is 11.1. The fourth-order valence-corrected chi connectivity index (χ4v) is 2.34. The molecule has 1 aromatic rings. The van der Waals surface area contributed by atoms with Crippen molar-refractivity contribution in [2.24, 2.45) is 5.41 Å². The van der Waals surface area contributed by atoms with Crippen molar-refractivity contribution in [2.75, 3.05) is 26.4 Å². The number of aliphatic hydroxyl groups excluding tert-OH is 1. The molecule has 0 saturated carbocycles. The van der Waals surface area contributed by atoms with Crippen molar-refractivity contribution in [1.29, 1.82) is 0 Å². The average Bonchev–Trinajstić information content (AvgIpc) is 2.88. The number of nitrogens with one attached hydrogen (secondary N) is 1. The van der Waals surface area contributed by atoms with Crippen LogP contribution in [0.4, 0.5) is 0 Å². The molecule has 2 rings (SSSR count). The number of hydrogen-bond acceptors (Lipinski definition) is 4. The normalized spacial score (nSPS) is 19.0. The minimum absolute atomic E-state index is 0.000991.